The van der Waals surface area contributed by atoms with E-state index in [4.69, 9.17) is 9.15 Å². The molecule has 1 saturated carbocycles. The summed E-state index contributed by atoms with van der Waals surface area (Å²) in [6.07, 6.45) is 4.12. The summed E-state index contributed by atoms with van der Waals surface area (Å²) >= 11 is 0. The molecule has 0 unspecified atom stereocenters. The number of ether oxygens (including phenoxy) is 1. The summed E-state index contributed by atoms with van der Waals surface area (Å²) in [5, 5.41) is 3.23. The van der Waals surface area contributed by atoms with E-state index in [9.17, 15) is 9.59 Å². The number of benzene rings is 2. The average Bonchev–Trinajstić information content (AvgIpc) is 3.53. The van der Waals surface area contributed by atoms with Gasteiger partial charge in [0.1, 0.15) is 17.6 Å². The van der Waals surface area contributed by atoms with Crippen LogP contribution in [-0.2, 0) is 16.8 Å². The first kappa shape index (κ1) is 26.5. The SMILES string of the molecule is COc1ccc([C@H](C(=O)NC2CCCC2)N(Cc2ccccc2)C(=O)c2oc(C(C)(C)C)cc2C)cc1. The van der Waals surface area contributed by atoms with Crippen molar-refractivity contribution >= 4 is 11.8 Å². The van der Waals surface area contributed by atoms with Gasteiger partial charge in [0.2, 0.25) is 5.91 Å². The highest BCUT2D eigenvalue weighted by atomic mass is 16.5. The van der Waals surface area contributed by atoms with Crippen LogP contribution in [0.25, 0.3) is 0 Å². The van der Waals surface area contributed by atoms with Crippen molar-refractivity contribution in [2.45, 2.75) is 77.4 Å². The summed E-state index contributed by atoms with van der Waals surface area (Å²) in [5.41, 5.74) is 2.17. The Morgan fingerprint density at radius 1 is 1.05 bits per heavy atom. The van der Waals surface area contributed by atoms with E-state index in [0.717, 1.165) is 48.1 Å². The van der Waals surface area contributed by atoms with Gasteiger partial charge in [-0.15, -0.1) is 0 Å². The van der Waals surface area contributed by atoms with Gasteiger partial charge in [0.25, 0.3) is 5.91 Å². The summed E-state index contributed by atoms with van der Waals surface area (Å²) in [6.45, 7) is 8.30. The molecule has 4 rings (SSSR count). The Morgan fingerprint density at radius 3 is 2.27 bits per heavy atom. The topological polar surface area (TPSA) is 71.8 Å². The Hall–Kier alpha value is -3.54. The number of hydrogen-bond acceptors (Lipinski definition) is 4. The third-order valence-corrected chi connectivity index (χ3v) is 7.00. The first-order valence-corrected chi connectivity index (χ1v) is 13.1. The van der Waals surface area contributed by atoms with Crippen molar-refractivity contribution in [3.63, 3.8) is 0 Å². The molecule has 0 spiro atoms. The van der Waals surface area contributed by atoms with Crippen molar-refractivity contribution in [1.82, 2.24) is 10.2 Å². The van der Waals surface area contributed by atoms with Crippen LogP contribution in [0.5, 0.6) is 5.75 Å². The van der Waals surface area contributed by atoms with Crippen molar-refractivity contribution in [1.29, 1.82) is 0 Å². The van der Waals surface area contributed by atoms with E-state index in [1.165, 1.54) is 0 Å². The molecular formula is C31H38N2O4. The largest absolute Gasteiger partial charge is 0.497 e. The smallest absolute Gasteiger partial charge is 0.291 e. The lowest BCUT2D eigenvalue weighted by Crippen LogP contribution is -2.46. The maximum absolute atomic E-state index is 14.2. The van der Waals surface area contributed by atoms with Crippen LogP contribution in [0.1, 0.15) is 85.5 Å². The van der Waals surface area contributed by atoms with Crippen LogP contribution in [0.15, 0.2) is 65.1 Å². The van der Waals surface area contributed by atoms with Crippen LogP contribution < -0.4 is 10.1 Å². The first-order chi connectivity index (χ1) is 17.7. The van der Waals surface area contributed by atoms with Crippen LogP contribution >= 0.6 is 0 Å². The van der Waals surface area contributed by atoms with Gasteiger partial charge in [-0.3, -0.25) is 9.59 Å². The minimum absolute atomic E-state index is 0.125. The highest BCUT2D eigenvalue weighted by Crippen LogP contribution is 2.32. The number of amides is 2. The van der Waals surface area contributed by atoms with Gasteiger partial charge in [0.15, 0.2) is 5.76 Å². The van der Waals surface area contributed by atoms with E-state index in [1.807, 2.05) is 67.6 Å². The van der Waals surface area contributed by atoms with Gasteiger partial charge < -0.3 is 19.4 Å². The Balaban J connectivity index is 1.79. The second-order valence-corrected chi connectivity index (χ2v) is 11.0. The molecule has 1 aliphatic rings. The van der Waals surface area contributed by atoms with Gasteiger partial charge in [0.05, 0.1) is 7.11 Å². The van der Waals surface area contributed by atoms with E-state index < -0.39 is 6.04 Å². The van der Waals surface area contributed by atoms with E-state index >= 15 is 0 Å². The molecule has 0 aliphatic heterocycles. The number of nitrogens with zero attached hydrogens (tertiary/aromatic N) is 1. The molecule has 1 aliphatic carbocycles. The number of aryl methyl sites for hydroxylation is 1. The number of hydrogen-bond donors (Lipinski definition) is 1. The van der Waals surface area contributed by atoms with Crippen LogP contribution in [-0.4, -0.2) is 29.9 Å². The zero-order valence-electron chi connectivity index (χ0n) is 22.5. The predicted octanol–water partition coefficient (Wildman–Crippen LogP) is 6.34. The molecule has 1 aromatic heterocycles. The second-order valence-electron chi connectivity index (χ2n) is 11.0. The lowest BCUT2D eigenvalue weighted by Gasteiger charge is -2.32. The van der Waals surface area contributed by atoms with Gasteiger partial charge in [-0.25, -0.2) is 0 Å². The van der Waals surface area contributed by atoms with Crippen molar-refractivity contribution in [3.05, 3.63) is 88.9 Å². The van der Waals surface area contributed by atoms with Gasteiger partial charge in [0, 0.05) is 23.6 Å². The zero-order valence-corrected chi connectivity index (χ0v) is 22.5. The van der Waals surface area contributed by atoms with Crippen LogP contribution in [0, 0.1) is 6.92 Å². The fraction of sp³-hybridized carbons (Fsp3) is 0.419. The molecule has 2 aromatic carbocycles. The zero-order chi connectivity index (χ0) is 26.6. The van der Waals surface area contributed by atoms with Crippen molar-refractivity contribution < 1.29 is 18.7 Å². The Kier molecular flexibility index (Phi) is 8.06. The molecule has 6 nitrogen and oxygen atoms in total. The lowest BCUT2D eigenvalue weighted by molar-refractivity contribution is -0.126. The molecule has 1 heterocycles. The van der Waals surface area contributed by atoms with E-state index in [0.29, 0.717) is 5.75 Å². The van der Waals surface area contributed by atoms with Crippen molar-refractivity contribution in [2.24, 2.45) is 0 Å². The number of nitrogens with one attached hydrogen (secondary N) is 1. The number of methoxy groups -OCH3 is 1. The van der Waals surface area contributed by atoms with Crippen LogP contribution in [0.4, 0.5) is 0 Å². The van der Waals surface area contributed by atoms with E-state index in [1.54, 1.807) is 12.0 Å². The van der Waals surface area contributed by atoms with E-state index in [2.05, 4.69) is 26.1 Å². The van der Waals surface area contributed by atoms with Crippen LogP contribution in [0.3, 0.4) is 0 Å². The highest BCUT2D eigenvalue weighted by Gasteiger charge is 2.36. The molecule has 0 radical (unpaired) electrons. The molecule has 3 aromatic rings. The summed E-state index contributed by atoms with van der Waals surface area (Å²) < 4.78 is 11.5. The fourth-order valence-electron chi connectivity index (χ4n) is 4.86. The van der Waals surface area contributed by atoms with Gasteiger partial charge in [-0.1, -0.05) is 76.1 Å². The summed E-state index contributed by atoms with van der Waals surface area (Å²) in [6, 6.07) is 18.3. The summed E-state index contributed by atoms with van der Waals surface area (Å²) in [4.78, 5) is 29.8. The Bertz CT molecular complexity index is 1200. The third-order valence-electron chi connectivity index (χ3n) is 7.00. The molecule has 0 saturated heterocycles. The second kappa shape index (κ2) is 11.2. The minimum Gasteiger partial charge on any atom is -0.497 e. The molecule has 0 bridgehead atoms. The van der Waals surface area contributed by atoms with Crippen molar-refractivity contribution in [3.8, 4) is 5.75 Å². The first-order valence-electron chi connectivity index (χ1n) is 13.1. The molecule has 196 valence electrons. The maximum atomic E-state index is 14.2. The predicted molar refractivity (Wildman–Crippen MR) is 145 cm³/mol. The standard InChI is InChI=1S/C31H38N2O4/c1-21-19-26(31(2,3)4)37-28(21)30(35)33(20-22-11-7-6-8-12-22)27(23-15-17-25(36-5)18-16-23)29(34)32-24-13-9-10-14-24/h6-8,11-12,15-19,24,27H,9-10,13-14,20H2,1-5H3,(H,32,34)/t27-/m1/s1. The number of carbonyl (C=O) groups excluding carboxylic acids is 2. The van der Waals surface area contributed by atoms with Crippen molar-refractivity contribution in [2.75, 3.05) is 7.11 Å². The molecular weight excluding hydrogens is 464 g/mol. The van der Waals surface area contributed by atoms with Gasteiger partial charge in [-0.2, -0.15) is 0 Å². The van der Waals surface area contributed by atoms with E-state index in [-0.39, 0.29) is 35.6 Å². The lowest BCUT2D eigenvalue weighted by atomic mass is 9.93. The maximum Gasteiger partial charge on any atom is 0.291 e. The Morgan fingerprint density at radius 2 is 1.70 bits per heavy atom. The average molecular weight is 503 g/mol. The van der Waals surface area contributed by atoms with Gasteiger partial charge >= 0.3 is 0 Å². The van der Waals surface area contributed by atoms with Crippen LogP contribution in [0.2, 0.25) is 0 Å². The molecule has 1 N–H and O–H groups in total. The number of furan rings is 1. The Labute approximate surface area is 220 Å². The molecule has 37 heavy (non-hydrogen) atoms. The quantitative estimate of drug-likeness (QED) is 0.390. The third kappa shape index (κ3) is 6.24. The molecule has 2 amide bonds. The normalized spacial score (nSPS) is 14.8. The monoisotopic (exact) mass is 502 g/mol. The molecule has 1 fully saturated rings. The fourth-order valence-corrected chi connectivity index (χ4v) is 4.86. The minimum atomic E-state index is -0.832. The molecule has 6 heteroatoms. The molecule has 1 atom stereocenters. The number of carbonyl (C=O) groups is 2. The number of rotatable bonds is 8. The summed E-state index contributed by atoms with van der Waals surface area (Å²) in [7, 11) is 1.61. The van der Waals surface area contributed by atoms with Gasteiger partial charge in [-0.05, 0) is 49.1 Å². The summed E-state index contributed by atoms with van der Waals surface area (Å²) in [5.74, 6) is 1.22. The highest BCUT2D eigenvalue weighted by molar-refractivity contribution is 5.97.